The number of aromatic nitrogens is 16. The van der Waals surface area contributed by atoms with E-state index in [0.717, 1.165) is 45.6 Å². The molecule has 0 aromatic carbocycles. The van der Waals surface area contributed by atoms with Gasteiger partial charge in [0.05, 0.1) is 355 Å². The zero-order valence-corrected chi connectivity index (χ0v) is 83.8. The molecule has 0 unspecified atom stereocenters. The summed E-state index contributed by atoms with van der Waals surface area (Å²) in [5.41, 5.74) is 10.6. The molecule has 0 spiro atoms. The van der Waals surface area contributed by atoms with Gasteiger partial charge in [0.1, 0.15) is 23.3 Å². The van der Waals surface area contributed by atoms with Crippen molar-refractivity contribution in [2.75, 3.05) is 283 Å². The number of rotatable bonds is 16. The molecule has 41 heteroatoms. The molecule has 6 aliphatic rings. The Hall–Kier alpha value is -12.0. The fraction of sp³-hybridized carbons (Fsp3) is 0.462. The number of ether oxygens (including phenoxy) is 16. The van der Waals surface area contributed by atoms with Crippen LogP contribution >= 0.6 is 0 Å². The van der Waals surface area contributed by atoms with E-state index in [1.807, 2.05) is 146 Å². The summed E-state index contributed by atoms with van der Waals surface area (Å²) in [6.07, 6.45) is 14.4. The van der Waals surface area contributed by atoms with Crippen molar-refractivity contribution in [1.82, 2.24) is 99.3 Å². The monoisotopic (exact) mass is 1990 g/mol. The summed E-state index contributed by atoms with van der Waals surface area (Å²) >= 11 is 0. The van der Waals surface area contributed by atoms with E-state index in [9.17, 15) is 0 Å². The van der Waals surface area contributed by atoms with Crippen molar-refractivity contribution >= 4 is 91.2 Å². The molecule has 0 fully saturated rings. The van der Waals surface area contributed by atoms with Crippen molar-refractivity contribution < 1.29 is 75.8 Å². The number of nitrogens with zero attached hydrogens (tertiary/aromatic N) is 24. The van der Waals surface area contributed by atoms with Crippen LogP contribution < -0.4 is 29.6 Å². The predicted molar refractivity (Wildman–Crippen MR) is 542 cm³/mol. The summed E-state index contributed by atoms with van der Waals surface area (Å²) in [5, 5.41) is 0. The third-order valence-corrected chi connectivity index (χ3v) is 24.0. The first-order chi connectivity index (χ1) is 71.5. The molecular formula is C104H128MgN24O16. The first-order valence-electron chi connectivity index (χ1n) is 49.7. The van der Waals surface area contributed by atoms with Crippen LogP contribution in [0.1, 0.15) is 68.8 Å². The van der Waals surface area contributed by atoms with E-state index in [1.54, 1.807) is 49.6 Å². The van der Waals surface area contributed by atoms with Gasteiger partial charge in [0.15, 0.2) is 0 Å². The molecule has 762 valence electrons. The van der Waals surface area contributed by atoms with Crippen molar-refractivity contribution in [1.29, 1.82) is 0 Å². The molecule has 17 heterocycles. The topological polar surface area (TPSA) is 382 Å². The molecule has 0 aliphatic carbocycles. The minimum absolute atomic E-state index is 0. The van der Waals surface area contributed by atoms with Gasteiger partial charge in [0.25, 0.3) is 0 Å². The van der Waals surface area contributed by atoms with Gasteiger partial charge in [-0.3, -0.25) is 39.9 Å². The van der Waals surface area contributed by atoms with Gasteiger partial charge in [-0.25, -0.2) is 9.97 Å². The van der Waals surface area contributed by atoms with Gasteiger partial charge in [0, 0.05) is 125 Å². The summed E-state index contributed by atoms with van der Waals surface area (Å²) in [5.74, 6) is 0.725. The molecule has 0 radical (unpaired) electrons. The molecule has 0 saturated heterocycles. The second-order valence-corrected chi connectivity index (χ2v) is 34.0. The van der Waals surface area contributed by atoms with Gasteiger partial charge in [0.2, 0.25) is 0 Å². The molecule has 11 aromatic heterocycles. The normalized spacial score (nSPS) is 18.0. The van der Waals surface area contributed by atoms with Crippen LogP contribution in [0.3, 0.4) is 0 Å². The molecular weight excluding hydrogens is 1870 g/mol. The molecule has 0 amide bonds. The molecule has 17 rings (SSSR count). The number of pyridine rings is 8. The van der Waals surface area contributed by atoms with Crippen molar-refractivity contribution in [3.63, 3.8) is 0 Å². The van der Waals surface area contributed by atoms with Crippen molar-refractivity contribution in [3.8, 4) is 0 Å². The maximum atomic E-state index is 6.74. The van der Waals surface area contributed by atoms with E-state index in [-0.39, 0.29) is 279 Å². The Balaban J connectivity index is 0.0000151. The second-order valence-electron chi connectivity index (χ2n) is 34.0. The van der Waals surface area contributed by atoms with Gasteiger partial charge in [-0.05, 0) is 97.1 Å². The van der Waals surface area contributed by atoms with E-state index >= 15 is 0 Å². The van der Waals surface area contributed by atoms with Crippen LogP contribution in [-0.2, 0) is 128 Å². The standard InChI is InChI=1S/C104H128N24O16.Mg/c1-9-25-105-81(17-1)73-121-33-41-129-49-57-137-65-66-138-58-50-130-42-34-122(74-82-18-2-10-26-106-82)90-89(121)97-113-98(90)118-100-93-94(126(78-86-22-6-14-30-110-86)38-46-134-54-62-142-70-69-141-61-53-133-45-37-125(93)77-85-21-5-13-29-109-85)102(115-100)120-104-96-95(127(79-87-23-7-15-31-111-87)39-47-135-55-63-143-71-72-144-64-56-136-48-40-128(96)80-88-24-8-16-32-112-88)103(116-104)119-101-92-91(99(114-101)117-97)123(75-83-19-3-11-27-107-83)35-43-131-51-59-139-67-68-140-60-52-132-44-36-124(92)76-84-20-4-12-28-108-84;/h1-32H,33-80H2;/q-2;+2. The van der Waals surface area contributed by atoms with Crippen LogP contribution in [0.2, 0.25) is 0 Å². The Labute approximate surface area is 861 Å². The molecule has 0 N–H and O–H groups in total. The van der Waals surface area contributed by atoms with Gasteiger partial charge >= 0.3 is 23.1 Å². The van der Waals surface area contributed by atoms with Crippen LogP contribution in [-0.4, -0.2) is 376 Å². The van der Waals surface area contributed by atoms with Crippen LogP contribution in [0.25, 0.3) is 45.4 Å². The van der Waals surface area contributed by atoms with Crippen LogP contribution in [0.15, 0.2) is 195 Å². The molecule has 11 aromatic rings. The molecule has 0 atom stereocenters. The fourth-order valence-electron chi connectivity index (χ4n) is 17.1. The third-order valence-electron chi connectivity index (χ3n) is 24.0. The van der Waals surface area contributed by atoms with E-state index < -0.39 is 0 Å². The first-order valence-corrected chi connectivity index (χ1v) is 49.7. The zero-order valence-electron chi connectivity index (χ0n) is 82.4. The molecule has 8 bridgehead atoms. The SMILES string of the molecule is [Mg+2].c1ccc(CN2CCOCCOCCOCCOCCN(Cc3ccccn3)C3=C2c2nc3nc3[n-]c(nc4nc(nc5[n-]c(n2)c2c5N(Cc5ccccn5)CCOCCOCCOCCOCCN2Cc2ccccn2)C2=C4N(Cc4ccccn4)CCOCCOCCOCCOCCN2Cc2ccccn2)c2c3N(Cc3ccccn3)CCOCCOCCOCCOCCN2Cc2ccccn2)nc1. The van der Waals surface area contributed by atoms with Crippen LogP contribution in [0.4, 0.5) is 22.7 Å². The zero-order chi connectivity index (χ0) is 97.7. The van der Waals surface area contributed by atoms with Gasteiger partial charge < -0.3 is 145 Å². The van der Waals surface area contributed by atoms with Gasteiger partial charge in [-0.1, -0.05) is 48.5 Å². The Morgan fingerprint density at radius 2 is 0.310 bits per heavy atom. The summed E-state index contributed by atoms with van der Waals surface area (Å²) in [6.45, 7) is 12.1. The van der Waals surface area contributed by atoms with Crippen molar-refractivity contribution in [2.24, 2.45) is 0 Å². The predicted octanol–water partition coefficient (Wildman–Crippen LogP) is 7.94. The van der Waals surface area contributed by atoms with Crippen LogP contribution in [0, 0.1) is 0 Å². The average molecular weight is 1990 g/mol. The second kappa shape index (κ2) is 59.0. The molecule has 0 saturated carbocycles. The Morgan fingerprint density at radius 1 is 0.172 bits per heavy atom. The van der Waals surface area contributed by atoms with E-state index in [1.165, 1.54) is 0 Å². The Kier molecular flexibility index (Phi) is 43.1. The van der Waals surface area contributed by atoms with Crippen LogP contribution in [0.5, 0.6) is 0 Å². The summed E-state index contributed by atoms with van der Waals surface area (Å²) < 4.78 is 103. The van der Waals surface area contributed by atoms with Gasteiger partial charge in [-0.15, -0.1) is 0 Å². The van der Waals surface area contributed by atoms with E-state index in [2.05, 4.69) is 39.2 Å². The maximum absolute atomic E-state index is 6.74. The van der Waals surface area contributed by atoms with Crippen molar-refractivity contribution in [3.05, 3.63) is 264 Å². The Bertz CT molecular complexity index is 5170. The largest absolute Gasteiger partial charge is 2.00 e. The number of hydrogen-bond donors (Lipinski definition) is 0. The Morgan fingerprint density at radius 3 is 0.455 bits per heavy atom. The summed E-state index contributed by atoms with van der Waals surface area (Å²) in [6, 6.07) is 47.2. The minimum atomic E-state index is 0. The van der Waals surface area contributed by atoms with Gasteiger partial charge in [-0.2, -0.15) is 0 Å². The molecule has 145 heavy (non-hydrogen) atoms. The van der Waals surface area contributed by atoms with E-state index in [0.29, 0.717) is 151 Å². The average Bonchev–Trinajstić information content (AvgIpc) is 1.58. The number of anilines is 4. The smallest absolute Gasteiger partial charge is 0.377 e. The quantitative estimate of drug-likeness (QED) is 0.0828. The van der Waals surface area contributed by atoms with Crippen molar-refractivity contribution in [2.45, 2.75) is 52.4 Å². The minimum Gasteiger partial charge on any atom is -0.377 e. The summed E-state index contributed by atoms with van der Waals surface area (Å²) in [7, 11) is 0. The third kappa shape index (κ3) is 32.0. The number of fused-ring (bicyclic) bond motifs is 18. The molecule has 6 aliphatic heterocycles. The van der Waals surface area contributed by atoms with E-state index in [4.69, 9.17) is 156 Å². The molecule has 40 nitrogen and oxygen atoms in total. The number of hydrogen-bond acceptors (Lipinski definition) is 38. The maximum Gasteiger partial charge on any atom is 2.00 e. The fourth-order valence-corrected chi connectivity index (χ4v) is 17.1. The first kappa shape index (κ1) is 106. The summed E-state index contributed by atoms with van der Waals surface area (Å²) in [4.78, 5) is 108.